The normalized spacial score (nSPS) is 36.4. The van der Waals surface area contributed by atoms with Crippen LogP contribution in [0.2, 0.25) is 0 Å². The number of rotatable bonds is 2. The lowest BCUT2D eigenvalue weighted by atomic mass is 9.87. The maximum absolute atomic E-state index is 11.2. The van der Waals surface area contributed by atoms with Crippen molar-refractivity contribution < 1.29 is 19.1 Å². The smallest absolute Gasteiger partial charge is 0.303 e. The van der Waals surface area contributed by atoms with Gasteiger partial charge in [0.15, 0.2) is 11.7 Å². The third kappa shape index (κ3) is 3.31. The first kappa shape index (κ1) is 14.7. The molecule has 17 heavy (non-hydrogen) atoms. The monoisotopic (exact) mass is 368 g/mol. The largest absolute Gasteiger partial charge is 0.457 e. The molecule has 0 heterocycles. The van der Waals surface area contributed by atoms with E-state index in [4.69, 9.17) is 9.47 Å². The SMILES string of the molecule is CC(=O)O[C@H]1[C@H](Br)C=C[C@@H](Br)[C@]1(C)OC(C)=O. The first-order chi connectivity index (χ1) is 7.77. The number of ether oxygens (including phenoxy) is 2. The summed E-state index contributed by atoms with van der Waals surface area (Å²) in [4.78, 5) is 21.9. The van der Waals surface area contributed by atoms with E-state index in [1.807, 2.05) is 12.2 Å². The molecule has 1 aliphatic rings. The molecule has 0 aromatic rings. The zero-order valence-corrected chi connectivity index (χ0v) is 12.9. The Labute approximate surface area is 117 Å². The van der Waals surface area contributed by atoms with Crippen molar-refractivity contribution in [1.29, 1.82) is 0 Å². The van der Waals surface area contributed by atoms with Crippen LogP contribution in [0.15, 0.2) is 12.2 Å². The second-order valence-corrected chi connectivity index (χ2v) is 6.08. The van der Waals surface area contributed by atoms with Crippen molar-refractivity contribution in [2.45, 2.75) is 42.1 Å². The van der Waals surface area contributed by atoms with Gasteiger partial charge in [-0.05, 0) is 6.92 Å². The molecule has 0 aromatic heterocycles. The molecular weight excluding hydrogens is 356 g/mol. The van der Waals surface area contributed by atoms with Gasteiger partial charge >= 0.3 is 11.9 Å². The fourth-order valence-electron chi connectivity index (χ4n) is 1.75. The first-order valence-corrected chi connectivity index (χ1v) is 6.93. The summed E-state index contributed by atoms with van der Waals surface area (Å²) >= 11 is 6.82. The summed E-state index contributed by atoms with van der Waals surface area (Å²) in [5.74, 6) is -0.822. The van der Waals surface area contributed by atoms with Crippen LogP contribution in [0.25, 0.3) is 0 Å². The predicted molar refractivity (Wildman–Crippen MR) is 70.3 cm³/mol. The van der Waals surface area contributed by atoms with Crippen molar-refractivity contribution in [2.24, 2.45) is 0 Å². The molecule has 1 aliphatic carbocycles. The van der Waals surface area contributed by atoms with E-state index in [1.54, 1.807) is 6.92 Å². The Bertz CT molecular complexity index is 355. The van der Waals surface area contributed by atoms with Crippen LogP contribution >= 0.6 is 31.9 Å². The molecule has 0 aromatic carbocycles. The summed E-state index contributed by atoms with van der Waals surface area (Å²) < 4.78 is 10.6. The van der Waals surface area contributed by atoms with Gasteiger partial charge in [-0.2, -0.15) is 0 Å². The molecule has 0 aliphatic heterocycles. The van der Waals surface area contributed by atoms with E-state index in [-0.39, 0.29) is 9.65 Å². The van der Waals surface area contributed by atoms with Crippen LogP contribution in [-0.4, -0.2) is 33.3 Å². The minimum absolute atomic E-state index is 0.190. The van der Waals surface area contributed by atoms with Gasteiger partial charge in [-0.1, -0.05) is 44.0 Å². The Morgan fingerprint density at radius 1 is 1.18 bits per heavy atom. The van der Waals surface area contributed by atoms with Crippen molar-refractivity contribution in [1.82, 2.24) is 0 Å². The molecule has 0 N–H and O–H groups in total. The topological polar surface area (TPSA) is 52.6 Å². The third-order valence-corrected chi connectivity index (χ3v) is 4.52. The zero-order valence-electron chi connectivity index (χ0n) is 9.78. The number of esters is 2. The molecule has 1 rings (SSSR count). The van der Waals surface area contributed by atoms with Gasteiger partial charge < -0.3 is 9.47 Å². The molecule has 0 bridgehead atoms. The number of hydrogen-bond acceptors (Lipinski definition) is 4. The summed E-state index contributed by atoms with van der Waals surface area (Å²) in [6, 6.07) is 0. The molecule has 4 nitrogen and oxygen atoms in total. The molecule has 0 radical (unpaired) electrons. The summed E-state index contributed by atoms with van der Waals surface area (Å²) in [7, 11) is 0. The number of carbonyl (C=O) groups is 2. The van der Waals surface area contributed by atoms with Gasteiger partial charge in [0.2, 0.25) is 0 Å². The standard InChI is InChI=1S/C11H14Br2O4/c1-6(14)16-10-8(12)4-5-9(13)11(10,3)17-7(2)15/h4-5,8-10H,1-3H3/t8-,9-,10+,11+/m1/s1. The second-order valence-electron chi connectivity index (χ2n) is 4.04. The predicted octanol–water partition coefficient (Wildman–Crippen LogP) is 2.34. The molecule has 96 valence electrons. The highest BCUT2D eigenvalue weighted by Gasteiger charge is 2.49. The lowest BCUT2D eigenvalue weighted by molar-refractivity contribution is -0.179. The van der Waals surface area contributed by atoms with E-state index in [9.17, 15) is 9.59 Å². The quantitative estimate of drug-likeness (QED) is 0.426. The second kappa shape index (κ2) is 5.52. The average Bonchev–Trinajstić information content (AvgIpc) is 2.18. The lowest BCUT2D eigenvalue weighted by Crippen LogP contribution is -2.56. The number of hydrogen-bond donors (Lipinski definition) is 0. The Kier molecular flexibility index (Phi) is 4.77. The van der Waals surface area contributed by atoms with Gasteiger partial charge in [-0.25, -0.2) is 0 Å². The van der Waals surface area contributed by atoms with Gasteiger partial charge in [0.25, 0.3) is 0 Å². The molecule has 0 fully saturated rings. The molecule has 0 amide bonds. The molecule has 0 saturated carbocycles. The highest BCUT2D eigenvalue weighted by atomic mass is 79.9. The van der Waals surface area contributed by atoms with Gasteiger partial charge in [-0.3, -0.25) is 9.59 Å². The van der Waals surface area contributed by atoms with Crippen molar-refractivity contribution >= 4 is 43.8 Å². The molecule has 0 spiro atoms. The van der Waals surface area contributed by atoms with E-state index < -0.39 is 23.6 Å². The summed E-state index contributed by atoms with van der Waals surface area (Å²) in [6.07, 6.45) is 3.15. The third-order valence-electron chi connectivity index (χ3n) is 2.52. The minimum Gasteiger partial charge on any atom is -0.457 e. The van der Waals surface area contributed by atoms with Crippen molar-refractivity contribution in [3.05, 3.63) is 12.2 Å². The maximum atomic E-state index is 11.2. The fraction of sp³-hybridized carbons (Fsp3) is 0.636. The molecular formula is C11H14Br2O4. The Balaban J connectivity index is 3.04. The van der Waals surface area contributed by atoms with Crippen LogP contribution in [0, 0.1) is 0 Å². The van der Waals surface area contributed by atoms with Crippen LogP contribution < -0.4 is 0 Å². The Morgan fingerprint density at radius 2 is 1.76 bits per heavy atom. The molecule has 0 saturated heterocycles. The van der Waals surface area contributed by atoms with Gasteiger partial charge in [0.1, 0.15) is 0 Å². The van der Waals surface area contributed by atoms with E-state index in [0.717, 1.165) is 0 Å². The molecule has 6 heteroatoms. The summed E-state index contributed by atoms with van der Waals surface area (Å²) in [5.41, 5.74) is -0.930. The molecule has 4 atom stereocenters. The van der Waals surface area contributed by atoms with Crippen LogP contribution in [-0.2, 0) is 19.1 Å². The maximum Gasteiger partial charge on any atom is 0.303 e. The van der Waals surface area contributed by atoms with Gasteiger partial charge in [-0.15, -0.1) is 0 Å². The van der Waals surface area contributed by atoms with Crippen LogP contribution in [0.5, 0.6) is 0 Å². The van der Waals surface area contributed by atoms with Crippen LogP contribution in [0.3, 0.4) is 0 Å². The Hall–Kier alpha value is -0.360. The van der Waals surface area contributed by atoms with E-state index in [2.05, 4.69) is 31.9 Å². The van der Waals surface area contributed by atoms with E-state index in [0.29, 0.717) is 0 Å². The van der Waals surface area contributed by atoms with E-state index >= 15 is 0 Å². The van der Waals surface area contributed by atoms with Crippen molar-refractivity contribution in [3.63, 3.8) is 0 Å². The van der Waals surface area contributed by atoms with E-state index in [1.165, 1.54) is 13.8 Å². The lowest BCUT2D eigenvalue weighted by Gasteiger charge is -2.42. The van der Waals surface area contributed by atoms with Gasteiger partial charge in [0, 0.05) is 13.8 Å². The highest BCUT2D eigenvalue weighted by molar-refractivity contribution is 9.10. The number of alkyl halides is 2. The van der Waals surface area contributed by atoms with Crippen molar-refractivity contribution in [3.8, 4) is 0 Å². The van der Waals surface area contributed by atoms with Crippen molar-refractivity contribution in [2.75, 3.05) is 0 Å². The molecule has 0 unspecified atom stereocenters. The Morgan fingerprint density at radius 3 is 2.24 bits per heavy atom. The zero-order chi connectivity index (χ0) is 13.2. The first-order valence-electron chi connectivity index (χ1n) is 5.10. The highest BCUT2D eigenvalue weighted by Crippen LogP contribution is 2.37. The van der Waals surface area contributed by atoms with Crippen LogP contribution in [0.1, 0.15) is 20.8 Å². The van der Waals surface area contributed by atoms with Gasteiger partial charge in [0.05, 0.1) is 9.65 Å². The van der Waals surface area contributed by atoms with Crippen LogP contribution in [0.4, 0.5) is 0 Å². The average molecular weight is 370 g/mol. The fourth-order valence-corrected chi connectivity index (χ4v) is 3.09. The summed E-state index contributed by atoms with van der Waals surface area (Å²) in [6.45, 7) is 4.39. The number of carbonyl (C=O) groups excluding carboxylic acids is 2. The summed E-state index contributed by atoms with van der Waals surface area (Å²) in [5, 5.41) is 0. The number of halogens is 2. The minimum atomic E-state index is -0.930.